The second kappa shape index (κ2) is 13.8. The molecule has 0 aromatic heterocycles. The van der Waals surface area contributed by atoms with Crippen LogP contribution >= 0.6 is 0 Å². The first-order chi connectivity index (χ1) is 16.6. The number of rotatable bonds is 7. The van der Waals surface area contributed by atoms with Crippen molar-refractivity contribution in [2.24, 2.45) is 40.4 Å². The smallest absolute Gasteiger partial charge is 0.306 e. The highest BCUT2D eigenvalue weighted by atomic mass is 16.6. The summed E-state index contributed by atoms with van der Waals surface area (Å²) in [6, 6.07) is 1.95. The third kappa shape index (κ3) is 8.46. The zero-order chi connectivity index (χ0) is 26.8. The third-order valence-electron chi connectivity index (χ3n) is 7.56. The number of primary amides is 1. The quantitative estimate of drug-likeness (QED) is 0.458. The molecule has 6 N–H and O–H groups in total. The number of nitrogens with two attached hydrogens (primary N) is 3. The van der Waals surface area contributed by atoms with E-state index >= 15 is 0 Å². The van der Waals surface area contributed by atoms with E-state index in [2.05, 4.69) is 38.3 Å². The van der Waals surface area contributed by atoms with Gasteiger partial charge in [-0.2, -0.15) is 5.26 Å². The van der Waals surface area contributed by atoms with Gasteiger partial charge < -0.3 is 26.8 Å². The normalized spacial score (nSPS) is 33.3. The zero-order valence-corrected chi connectivity index (χ0v) is 22.3. The molecule has 200 valence electrons. The van der Waals surface area contributed by atoms with Crippen LogP contribution in [0.2, 0.25) is 0 Å². The van der Waals surface area contributed by atoms with Gasteiger partial charge in [-0.1, -0.05) is 27.2 Å². The van der Waals surface area contributed by atoms with E-state index in [9.17, 15) is 19.6 Å². The van der Waals surface area contributed by atoms with Gasteiger partial charge in [0, 0.05) is 19.4 Å². The zero-order valence-electron chi connectivity index (χ0n) is 22.3. The Morgan fingerprint density at radius 3 is 2.31 bits per heavy atom. The van der Waals surface area contributed by atoms with Crippen molar-refractivity contribution < 1.29 is 19.1 Å². The third-order valence-corrected chi connectivity index (χ3v) is 7.56. The predicted octanol–water partition coefficient (Wildman–Crippen LogP) is 2.46. The van der Waals surface area contributed by atoms with Crippen molar-refractivity contribution in [2.75, 3.05) is 20.6 Å². The van der Waals surface area contributed by atoms with Crippen molar-refractivity contribution >= 4 is 17.8 Å². The molecular weight excluding hydrogens is 446 g/mol. The topological polar surface area (TPSA) is 166 Å². The molecule has 0 aromatic rings. The highest BCUT2D eigenvalue weighted by Gasteiger charge is 2.53. The second-order valence-electron chi connectivity index (χ2n) is 10.8. The molecule has 9 heteroatoms. The van der Waals surface area contributed by atoms with E-state index in [0.29, 0.717) is 37.1 Å². The molecule has 1 saturated heterocycles. The van der Waals surface area contributed by atoms with Crippen LogP contribution in [0.4, 0.5) is 0 Å². The first-order valence-corrected chi connectivity index (χ1v) is 12.9. The molecule has 2 bridgehead atoms. The van der Waals surface area contributed by atoms with Crippen molar-refractivity contribution in [3.63, 3.8) is 0 Å². The van der Waals surface area contributed by atoms with E-state index in [4.69, 9.17) is 10.5 Å². The monoisotopic (exact) mass is 493 g/mol. The lowest BCUT2D eigenvalue weighted by molar-refractivity contribution is -0.183. The van der Waals surface area contributed by atoms with Gasteiger partial charge in [0.25, 0.3) is 0 Å². The fourth-order valence-electron chi connectivity index (χ4n) is 6.61. The van der Waals surface area contributed by atoms with Crippen LogP contribution in [0.15, 0.2) is 0 Å². The number of ether oxygens (including phenoxy) is 1. The maximum atomic E-state index is 13.2. The molecule has 0 radical (unpaired) electrons. The Morgan fingerprint density at radius 1 is 1.09 bits per heavy atom. The molecule has 3 rings (SSSR count). The standard InChI is InChI=1S/C24H37N3O4.2CH5N/c1-4-17-8-18-9-23(3,12-21(29)27-14-16(2)7-19(27)13-25)15-24(10-17,11-18)31-22(30)6-5-20(26)28;2*1-2/h16-19H,4-12,14-15H2,1-3H3,(H2,26,28);2*2H2,1H3. The number of likely N-dealkylation sites (tertiary alicyclic amines) is 1. The van der Waals surface area contributed by atoms with Gasteiger partial charge in [0.15, 0.2) is 0 Å². The number of esters is 1. The van der Waals surface area contributed by atoms with Gasteiger partial charge in [0.1, 0.15) is 11.6 Å². The second-order valence-corrected chi connectivity index (χ2v) is 10.8. The van der Waals surface area contributed by atoms with E-state index < -0.39 is 11.5 Å². The number of nitrogens with zero attached hydrogens (tertiary/aromatic N) is 2. The van der Waals surface area contributed by atoms with Gasteiger partial charge in [-0.3, -0.25) is 14.4 Å². The summed E-state index contributed by atoms with van der Waals surface area (Å²) in [5.41, 5.74) is 13.4. The van der Waals surface area contributed by atoms with Crippen LogP contribution in [0.25, 0.3) is 0 Å². The number of carbonyl (C=O) groups excluding carboxylic acids is 3. The molecule has 1 aliphatic heterocycles. The molecule has 2 aliphatic carbocycles. The molecule has 35 heavy (non-hydrogen) atoms. The van der Waals surface area contributed by atoms with Crippen LogP contribution in [0, 0.1) is 34.5 Å². The summed E-state index contributed by atoms with van der Waals surface area (Å²) in [6.45, 7) is 7.03. The molecular formula is C26H47N5O4. The van der Waals surface area contributed by atoms with Crippen LogP contribution in [-0.4, -0.2) is 55.0 Å². The van der Waals surface area contributed by atoms with Gasteiger partial charge in [-0.25, -0.2) is 0 Å². The van der Waals surface area contributed by atoms with E-state index in [0.717, 1.165) is 38.5 Å². The van der Waals surface area contributed by atoms with Crippen molar-refractivity contribution in [2.45, 2.75) is 96.6 Å². The maximum absolute atomic E-state index is 13.2. The van der Waals surface area contributed by atoms with E-state index in [1.54, 1.807) is 4.90 Å². The summed E-state index contributed by atoms with van der Waals surface area (Å²) < 4.78 is 6.07. The average molecular weight is 494 g/mol. The Kier molecular flexibility index (Phi) is 12.2. The lowest BCUT2D eigenvalue weighted by Gasteiger charge is -2.54. The van der Waals surface area contributed by atoms with Crippen LogP contribution in [0.1, 0.15) is 85.0 Å². The molecule has 3 aliphatic rings. The van der Waals surface area contributed by atoms with Crippen LogP contribution < -0.4 is 17.2 Å². The van der Waals surface area contributed by atoms with Gasteiger partial charge in [0.05, 0.1) is 12.5 Å². The Morgan fingerprint density at radius 2 is 1.74 bits per heavy atom. The van der Waals surface area contributed by atoms with Crippen molar-refractivity contribution in [1.29, 1.82) is 5.26 Å². The highest BCUT2D eigenvalue weighted by molar-refractivity contribution is 5.80. The molecule has 2 saturated carbocycles. The number of fused-ring (bicyclic) bond motifs is 2. The number of amides is 2. The van der Waals surface area contributed by atoms with Crippen LogP contribution in [0.3, 0.4) is 0 Å². The Hall–Kier alpha value is -2.18. The number of hydrogen-bond donors (Lipinski definition) is 3. The minimum Gasteiger partial charge on any atom is -0.459 e. The summed E-state index contributed by atoms with van der Waals surface area (Å²) in [5, 5.41) is 9.46. The largest absolute Gasteiger partial charge is 0.459 e. The van der Waals surface area contributed by atoms with Gasteiger partial charge in [0.2, 0.25) is 11.8 Å². The molecule has 0 spiro atoms. The minimum absolute atomic E-state index is 0.00367. The fraction of sp³-hybridized carbons (Fsp3) is 0.846. The summed E-state index contributed by atoms with van der Waals surface area (Å²) >= 11 is 0. The van der Waals surface area contributed by atoms with Gasteiger partial charge in [-0.15, -0.1) is 0 Å². The number of carbonyl (C=O) groups is 3. The predicted molar refractivity (Wildman–Crippen MR) is 135 cm³/mol. The average Bonchev–Trinajstić information content (AvgIpc) is 3.20. The van der Waals surface area contributed by atoms with Gasteiger partial charge >= 0.3 is 5.97 Å². The molecule has 2 amide bonds. The maximum Gasteiger partial charge on any atom is 0.306 e. The van der Waals surface area contributed by atoms with Crippen LogP contribution in [0.5, 0.6) is 0 Å². The molecule has 9 nitrogen and oxygen atoms in total. The molecule has 6 atom stereocenters. The number of nitriles is 1. The Bertz CT molecular complexity index is 769. The van der Waals surface area contributed by atoms with Crippen molar-refractivity contribution in [3.05, 3.63) is 0 Å². The molecule has 1 heterocycles. The molecule has 6 unspecified atom stereocenters. The molecule has 3 fully saturated rings. The first-order valence-electron chi connectivity index (χ1n) is 12.9. The lowest BCUT2D eigenvalue weighted by Crippen LogP contribution is -2.52. The molecule has 0 aromatic carbocycles. The highest BCUT2D eigenvalue weighted by Crippen LogP contribution is 2.56. The van der Waals surface area contributed by atoms with Crippen molar-refractivity contribution in [3.8, 4) is 6.07 Å². The number of hydrogen-bond acceptors (Lipinski definition) is 7. The summed E-state index contributed by atoms with van der Waals surface area (Å²) in [6.07, 6.45) is 6.50. The lowest BCUT2D eigenvalue weighted by atomic mass is 9.56. The minimum atomic E-state index is -0.571. The van der Waals surface area contributed by atoms with Gasteiger partial charge in [-0.05, 0) is 75.8 Å². The SMILES string of the molecule is CCC1CC2CC(C)(CC(=O)N3CC(C)CC3C#N)CC(OC(=O)CCC(N)=O)(C1)C2.CN.CN. The first kappa shape index (κ1) is 30.9. The Labute approximate surface area is 211 Å². The van der Waals surface area contributed by atoms with E-state index in [-0.39, 0.29) is 36.2 Å². The van der Waals surface area contributed by atoms with E-state index in [1.807, 2.05) is 0 Å². The summed E-state index contributed by atoms with van der Waals surface area (Å²) in [4.78, 5) is 38.5. The summed E-state index contributed by atoms with van der Waals surface area (Å²) in [5.74, 6) is 0.426. The van der Waals surface area contributed by atoms with Crippen molar-refractivity contribution in [1.82, 2.24) is 4.90 Å². The van der Waals surface area contributed by atoms with E-state index in [1.165, 1.54) is 14.1 Å². The fourth-order valence-corrected chi connectivity index (χ4v) is 6.61. The Balaban J connectivity index is 0.00000145. The summed E-state index contributed by atoms with van der Waals surface area (Å²) in [7, 11) is 3.00. The van der Waals surface area contributed by atoms with Crippen LogP contribution in [-0.2, 0) is 19.1 Å².